The molecule has 3 aliphatic rings. The molecule has 1 fully saturated rings. The third-order valence-electron chi connectivity index (χ3n) is 10.6. The zero-order valence-electron chi connectivity index (χ0n) is 29.2. The molecular weight excluding hydrogens is 714 g/mol. The molecule has 8 nitrogen and oxygen atoms in total. The van der Waals surface area contributed by atoms with Gasteiger partial charge in [-0.25, -0.2) is 4.39 Å². The molecular formula is C42H41Cl2FN4O4. The number of phenolic OH excluding ortho intramolecular Hbond substituents is 1. The highest BCUT2D eigenvalue weighted by molar-refractivity contribution is 6.31. The van der Waals surface area contributed by atoms with Gasteiger partial charge in [-0.2, -0.15) is 0 Å². The summed E-state index contributed by atoms with van der Waals surface area (Å²) in [6.45, 7) is 4.97. The molecule has 1 aromatic heterocycles. The maximum absolute atomic E-state index is 14.9. The molecule has 8 rings (SSSR count). The van der Waals surface area contributed by atoms with Gasteiger partial charge >= 0.3 is 0 Å². The molecule has 0 saturated carbocycles. The molecule has 1 N–H and O–H groups in total. The van der Waals surface area contributed by atoms with Crippen molar-refractivity contribution in [2.45, 2.75) is 44.8 Å². The summed E-state index contributed by atoms with van der Waals surface area (Å²) in [7, 11) is 0. The molecule has 53 heavy (non-hydrogen) atoms. The molecule has 4 aromatic carbocycles. The Kier molecular flexibility index (Phi) is 10.9. The first kappa shape index (κ1) is 36.7. The van der Waals surface area contributed by atoms with Crippen LogP contribution in [0.4, 0.5) is 15.8 Å². The largest absolute Gasteiger partial charge is 0.508 e. The maximum Gasteiger partial charge on any atom is 0.264 e. The van der Waals surface area contributed by atoms with E-state index in [4.69, 9.17) is 16.3 Å². The lowest BCUT2D eigenvalue weighted by molar-refractivity contribution is 0.0193. The van der Waals surface area contributed by atoms with Gasteiger partial charge in [0.1, 0.15) is 11.6 Å². The van der Waals surface area contributed by atoms with Crippen molar-refractivity contribution in [3.05, 3.63) is 136 Å². The van der Waals surface area contributed by atoms with Crippen molar-refractivity contribution in [1.82, 2.24) is 14.4 Å². The summed E-state index contributed by atoms with van der Waals surface area (Å²) in [5.74, 6) is -0.702. The molecule has 11 heteroatoms. The third-order valence-corrected chi connectivity index (χ3v) is 10.8. The summed E-state index contributed by atoms with van der Waals surface area (Å²) in [6, 6.07) is 27.8. The van der Waals surface area contributed by atoms with Crippen LogP contribution >= 0.6 is 24.0 Å². The lowest BCUT2D eigenvalue weighted by Crippen LogP contribution is -2.52. The van der Waals surface area contributed by atoms with E-state index in [1.54, 1.807) is 35.2 Å². The number of anilines is 2. The first-order valence-electron chi connectivity index (χ1n) is 17.9. The van der Waals surface area contributed by atoms with Crippen LogP contribution in [-0.4, -0.2) is 70.2 Å². The third kappa shape index (κ3) is 7.44. The van der Waals surface area contributed by atoms with Crippen molar-refractivity contribution >= 4 is 47.2 Å². The van der Waals surface area contributed by atoms with Crippen molar-refractivity contribution in [2.75, 3.05) is 37.7 Å². The van der Waals surface area contributed by atoms with Crippen molar-refractivity contribution < 1.29 is 23.8 Å². The van der Waals surface area contributed by atoms with Gasteiger partial charge in [0.05, 0.1) is 18.8 Å². The van der Waals surface area contributed by atoms with Crippen LogP contribution < -0.4 is 4.90 Å². The number of carbonyl (C=O) groups is 2. The summed E-state index contributed by atoms with van der Waals surface area (Å²) >= 11 is 6.69. The predicted octanol–water partition coefficient (Wildman–Crippen LogP) is 8.29. The fourth-order valence-corrected chi connectivity index (χ4v) is 8.09. The Morgan fingerprint density at radius 3 is 2.28 bits per heavy atom. The van der Waals surface area contributed by atoms with Crippen molar-refractivity contribution in [2.24, 2.45) is 0 Å². The summed E-state index contributed by atoms with van der Waals surface area (Å²) in [6.07, 6.45) is 3.29. The highest BCUT2D eigenvalue weighted by Gasteiger charge is 2.35. The predicted molar refractivity (Wildman–Crippen MR) is 207 cm³/mol. The maximum atomic E-state index is 14.9. The fraction of sp³-hybridized carbons (Fsp3) is 0.286. The van der Waals surface area contributed by atoms with Crippen LogP contribution in [0.3, 0.4) is 0 Å². The number of hydrogen-bond acceptors (Lipinski definition) is 5. The molecule has 0 spiro atoms. The number of morpholine rings is 1. The van der Waals surface area contributed by atoms with Crippen molar-refractivity contribution in [1.29, 1.82) is 0 Å². The lowest BCUT2D eigenvalue weighted by atomic mass is 9.92. The molecule has 1 atom stereocenters. The highest BCUT2D eigenvalue weighted by Crippen LogP contribution is 2.38. The van der Waals surface area contributed by atoms with Gasteiger partial charge in [-0.05, 0) is 110 Å². The minimum absolute atomic E-state index is 0. The van der Waals surface area contributed by atoms with Crippen molar-refractivity contribution in [3.8, 4) is 17.0 Å². The molecule has 0 radical (unpaired) electrons. The minimum atomic E-state index is -0.409. The van der Waals surface area contributed by atoms with Gasteiger partial charge in [0.25, 0.3) is 11.8 Å². The van der Waals surface area contributed by atoms with E-state index in [9.17, 15) is 19.1 Å². The van der Waals surface area contributed by atoms with Crippen LogP contribution in [0.15, 0.2) is 97.1 Å². The van der Waals surface area contributed by atoms with E-state index >= 15 is 0 Å². The molecule has 2 amide bonds. The Hall–Kier alpha value is -4.67. The molecule has 4 heterocycles. The van der Waals surface area contributed by atoms with E-state index in [0.717, 1.165) is 55.8 Å². The average molecular weight is 756 g/mol. The lowest BCUT2D eigenvalue weighted by Gasteiger charge is -2.40. The number of phenols is 1. The molecule has 0 bridgehead atoms. The van der Waals surface area contributed by atoms with Crippen LogP contribution in [0.25, 0.3) is 11.3 Å². The summed E-state index contributed by atoms with van der Waals surface area (Å²) < 4.78 is 21.8. The monoisotopic (exact) mass is 754 g/mol. The van der Waals surface area contributed by atoms with Crippen LogP contribution in [-0.2, 0) is 30.7 Å². The molecule has 274 valence electrons. The molecule has 0 aliphatic carbocycles. The van der Waals surface area contributed by atoms with Gasteiger partial charge in [-0.15, -0.1) is 12.4 Å². The Balaban J connectivity index is 0.00000435. The zero-order valence-corrected chi connectivity index (χ0v) is 30.8. The van der Waals surface area contributed by atoms with Crippen molar-refractivity contribution in [3.63, 3.8) is 0 Å². The van der Waals surface area contributed by atoms with Gasteiger partial charge in [0.2, 0.25) is 0 Å². The Morgan fingerprint density at radius 2 is 1.55 bits per heavy atom. The number of amides is 2. The number of benzene rings is 4. The summed E-state index contributed by atoms with van der Waals surface area (Å²) in [4.78, 5) is 35.6. The number of rotatable bonds is 7. The first-order valence-corrected chi connectivity index (χ1v) is 18.3. The highest BCUT2D eigenvalue weighted by atomic mass is 35.5. The Labute approximate surface area is 319 Å². The standard InChI is InChI=1S/C42H40ClFN4O4.ClH/c43-30-8-17-36(41(50)47-26-29-6-2-1-5-28(29)23-34(47)27-45-19-21-52-22-20-45)37(24-30)40-25-38(39-7-3-4-18-46(39)40)42(51)48(32-11-9-31(44)10-12-32)33-13-15-35(49)16-14-33;/h1-2,5-6,8-17,24-25,34,49H,3-4,7,18-23,26-27H2;1H/t34-;/m0./s1. The number of nitrogens with zero attached hydrogens (tertiary/aromatic N) is 4. The molecule has 3 aliphatic heterocycles. The van der Waals surface area contributed by atoms with Crippen LogP contribution in [0.2, 0.25) is 5.02 Å². The SMILES string of the molecule is Cl.O=C(c1cc(-c2cc(Cl)ccc2C(=O)N2Cc3ccccc3C[C@H]2CN2CCOCC2)n2c1CCCC2)N(c1ccc(O)cc1)c1ccc(F)cc1. The van der Waals surface area contributed by atoms with Gasteiger partial charge < -0.3 is 19.3 Å². The van der Waals surface area contributed by atoms with E-state index in [1.807, 2.05) is 29.2 Å². The normalized spacial score (nSPS) is 17.0. The molecule has 5 aromatic rings. The molecule has 0 unspecified atom stereocenters. The number of aromatic nitrogens is 1. The van der Waals surface area contributed by atoms with Gasteiger partial charge in [-0.3, -0.25) is 19.4 Å². The summed E-state index contributed by atoms with van der Waals surface area (Å²) in [5.41, 5.74) is 6.80. The van der Waals surface area contributed by atoms with E-state index in [-0.39, 0.29) is 36.0 Å². The van der Waals surface area contributed by atoms with E-state index in [1.165, 1.54) is 29.8 Å². The molecule has 1 saturated heterocycles. The number of ether oxygens (including phenoxy) is 1. The van der Waals surface area contributed by atoms with Crippen LogP contribution in [0, 0.1) is 5.82 Å². The smallest absolute Gasteiger partial charge is 0.264 e. The number of halogens is 3. The number of hydrogen-bond donors (Lipinski definition) is 1. The number of carbonyl (C=O) groups excluding carboxylic acids is 2. The minimum Gasteiger partial charge on any atom is -0.508 e. The van der Waals surface area contributed by atoms with E-state index in [2.05, 4.69) is 27.7 Å². The van der Waals surface area contributed by atoms with E-state index in [0.29, 0.717) is 65.8 Å². The Bertz CT molecular complexity index is 2070. The zero-order chi connectivity index (χ0) is 35.8. The van der Waals surface area contributed by atoms with E-state index < -0.39 is 5.82 Å². The fourth-order valence-electron chi connectivity index (χ4n) is 7.92. The first-order chi connectivity index (χ1) is 25.3. The summed E-state index contributed by atoms with van der Waals surface area (Å²) in [5, 5.41) is 10.5. The second kappa shape index (κ2) is 15.7. The van der Waals surface area contributed by atoms with Gasteiger partial charge in [0.15, 0.2) is 0 Å². The number of fused-ring (bicyclic) bond motifs is 2. The number of aromatic hydroxyl groups is 1. The average Bonchev–Trinajstić information content (AvgIpc) is 3.56. The van der Waals surface area contributed by atoms with Gasteiger partial charge in [0, 0.05) is 77.7 Å². The topological polar surface area (TPSA) is 78.3 Å². The quantitative estimate of drug-likeness (QED) is 0.181. The van der Waals surface area contributed by atoms with Crippen LogP contribution in [0.5, 0.6) is 5.75 Å². The van der Waals surface area contributed by atoms with Crippen LogP contribution in [0.1, 0.15) is 50.4 Å². The second-order valence-electron chi connectivity index (χ2n) is 13.8. The van der Waals surface area contributed by atoms with Gasteiger partial charge in [-0.1, -0.05) is 35.9 Å². The second-order valence-corrected chi connectivity index (χ2v) is 14.2. The Morgan fingerprint density at radius 1 is 0.849 bits per heavy atom.